The van der Waals surface area contributed by atoms with Crippen LogP contribution in [0, 0.1) is 5.92 Å². The highest BCUT2D eigenvalue weighted by atomic mass is 16.7. The zero-order valence-corrected chi connectivity index (χ0v) is 18.6. The quantitative estimate of drug-likeness (QED) is 0.286. The third-order valence-electron chi connectivity index (χ3n) is 5.43. The van der Waals surface area contributed by atoms with Crippen LogP contribution < -0.4 is 14.2 Å². The van der Waals surface area contributed by atoms with E-state index in [1.54, 1.807) is 7.11 Å². The fraction of sp³-hybridized carbons (Fsp3) is 0.385. The summed E-state index contributed by atoms with van der Waals surface area (Å²) < 4.78 is 22.7. The number of rotatable bonds is 10. The molecule has 0 heterocycles. The molecule has 3 aromatic carbocycles. The predicted octanol–water partition coefficient (Wildman–Crippen LogP) is 6.43. The van der Waals surface area contributed by atoms with Gasteiger partial charge in [-0.25, -0.2) is 0 Å². The molecule has 0 amide bonds. The maximum Gasteiger partial charge on any atom is 0.197 e. The third kappa shape index (κ3) is 5.90. The Balaban J connectivity index is 1.43. The Hall–Kier alpha value is -2.72. The van der Waals surface area contributed by atoms with Crippen molar-refractivity contribution in [1.29, 1.82) is 0 Å². The molecule has 0 aliphatic heterocycles. The minimum Gasteiger partial charge on any atom is -0.497 e. The van der Waals surface area contributed by atoms with Gasteiger partial charge in [0.2, 0.25) is 0 Å². The van der Waals surface area contributed by atoms with Gasteiger partial charge in [0.1, 0.15) is 23.9 Å². The van der Waals surface area contributed by atoms with Gasteiger partial charge in [0.15, 0.2) is 6.29 Å². The summed E-state index contributed by atoms with van der Waals surface area (Å²) in [7, 11) is 1.67. The molecule has 0 aromatic heterocycles. The van der Waals surface area contributed by atoms with Crippen molar-refractivity contribution in [3.8, 4) is 17.2 Å². The Morgan fingerprint density at radius 3 is 1.93 bits per heavy atom. The Morgan fingerprint density at radius 1 is 0.700 bits per heavy atom. The summed E-state index contributed by atoms with van der Waals surface area (Å²) in [6, 6.07) is 20.3. The van der Waals surface area contributed by atoms with Crippen LogP contribution in [-0.4, -0.2) is 26.6 Å². The molecule has 2 unspecified atom stereocenters. The molecule has 160 valence electrons. The van der Waals surface area contributed by atoms with E-state index in [2.05, 4.69) is 32.9 Å². The minimum absolute atomic E-state index is 0.342. The van der Waals surface area contributed by atoms with Gasteiger partial charge in [0.05, 0.1) is 13.7 Å². The van der Waals surface area contributed by atoms with Gasteiger partial charge in [-0.2, -0.15) is 0 Å². The van der Waals surface area contributed by atoms with Gasteiger partial charge >= 0.3 is 0 Å². The van der Waals surface area contributed by atoms with Crippen molar-refractivity contribution in [3.63, 3.8) is 0 Å². The summed E-state index contributed by atoms with van der Waals surface area (Å²) in [5, 5.41) is 2.23. The summed E-state index contributed by atoms with van der Waals surface area (Å²) in [6.45, 7) is 9.53. The summed E-state index contributed by atoms with van der Waals surface area (Å²) >= 11 is 0. The molecule has 0 spiro atoms. The maximum absolute atomic E-state index is 5.85. The lowest BCUT2D eigenvalue weighted by Gasteiger charge is -2.18. The molecular formula is C26H32O4. The first-order chi connectivity index (χ1) is 14.5. The van der Waals surface area contributed by atoms with E-state index < -0.39 is 0 Å². The van der Waals surface area contributed by atoms with Crippen LogP contribution in [0.5, 0.6) is 17.2 Å². The molecule has 0 fully saturated rings. The number of methoxy groups -OCH3 is 1. The first-order valence-corrected chi connectivity index (χ1v) is 10.5. The van der Waals surface area contributed by atoms with E-state index in [-0.39, 0.29) is 6.29 Å². The molecule has 0 radical (unpaired) electrons. The minimum atomic E-state index is -0.342. The molecule has 3 aromatic rings. The molecule has 0 aliphatic rings. The second-order valence-corrected chi connectivity index (χ2v) is 7.88. The lowest BCUT2D eigenvalue weighted by Crippen LogP contribution is -2.19. The van der Waals surface area contributed by atoms with Crippen LogP contribution in [0.4, 0.5) is 0 Å². The zero-order chi connectivity index (χ0) is 21.5. The van der Waals surface area contributed by atoms with Gasteiger partial charge in [0.25, 0.3) is 0 Å². The maximum atomic E-state index is 5.85. The highest BCUT2D eigenvalue weighted by Gasteiger charge is 2.10. The van der Waals surface area contributed by atoms with Crippen molar-refractivity contribution >= 4 is 10.8 Å². The van der Waals surface area contributed by atoms with Crippen molar-refractivity contribution in [2.45, 2.75) is 39.9 Å². The lowest BCUT2D eigenvalue weighted by molar-refractivity contribution is -0.0739. The molecule has 0 N–H and O–H groups in total. The number of hydrogen-bond donors (Lipinski definition) is 0. The van der Waals surface area contributed by atoms with Gasteiger partial charge in [-0.05, 0) is 71.5 Å². The number of hydrogen-bond acceptors (Lipinski definition) is 4. The van der Waals surface area contributed by atoms with E-state index in [1.807, 2.05) is 55.5 Å². The molecule has 0 saturated heterocycles. The van der Waals surface area contributed by atoms with Crippen LogP contribution in [0.15, 0.2) is 60.7 Å². The van der Waals surface area contributed by atoms with E-state index in [0.717, 1.165) is 28.0 Å². The topological polar surface area (TPSA) is 36.9 Å². The molecular weight excluding hydrogens is 376 g/mol. The largest absolute Gasteiger partial charge is 0.497 e. The lowest BCUT2D eigenvalue weighted by atomic mass is 9.90. The number of ether oxygens (including phenoxy) is 4. The van der Waals surface area contributed by atoms with Crippen LogP contribution in [0.1, 0.15) is 39.2 Å². The van der Waals surface area contributed by atoms with Gasteiger partial charge in [0, 0.05) is 0 Å². The van der Waals surface area contributed by atoms with Crippen molar-refractivity contribution in [1.82, 2.24) is 0 Å². The Bertz CT molecular complexity index is 933. The number of fused-ring (bicyclic) bond motifs is 1. The van der Waals surface area contributed by atoms with Crippen molar-refractivity contribution in [2.75, 3.05) is 20.3 Å². The van der Waals surface area contributed by atoms with E-state index in [0.29, 0.717) is 25.0 Å². The molecule has 0 bridgehead atoms. The fourth-order valence-electron chi connectivity index (χ4n) is 3.25. The van der Waals surface area contributed by atoms with Crippen LogP contribution in [-0.2, 0) is 4.74 Å². The average molecular weight is 409 g/mol. The van der Waals surface area contributed by atoms with Crippen LogP contribution in [0.3, 0.4) is 0 Å². The van der Waals surface area contributed by atoms with Crippen LogP contribution in [0.2, 0.25) is 0 Å². The van der Waals surface area contributed by atoms with Crippen molar-refractivity contribution in [3.05, 3.63) is 66.2 Å². The molecule has 30 heavy (non-hydrogen) atoms. The van der Waals surface area contributed by atoms with Gasteiger partial charge in [-0.1, -0.05) is 45.0 Å². The Morgan fingerprint density at radius 2 is 1.30 bits per heavy atom. The molecule has 3 rings (SSSR count). The Kier molecular flexibility index (Phi) is 7.58. The number of benzene rings is 3. The first kappa shape index (κ1) is 22.0. The standard InChI is InChI=1S/C26H32O4/c1-18(2)19(3)21-6-10-24(11-7-21)30-20(4)28-14-15-29-26-13-9-22-16-25(27-5)12-8-23(22)17-26/h6-13,16-20H,14-15H2,1-5H3. The molecule has 4 heteroatoms. The fourth-order valence-corrected chi connectivity index (χ4v) is 3.25. The van der Waals surface area contributed by atoms with Crippen molar-refractivity contribution in [2.24, 2.45) is 5.92 Å². The molecule has 0 saturated carbocycles. The monoisotopic (exact) mass is 408 g/mol. The summed E-state index contributed by atoms with van der Waals surface area (Å²) in [4.78, 5) is 0. The second-order valence-electron chi connectivity index (χ2n) is 7.88. The van der Waals surface area contributed by atoms with Crippen LogP contribution >= 0.6 is 0 Å². The highest BCUT2D eigenvalue weighted by Crippen LogP contribution is 2.26. The van der Waals surface area contributed by atoms with E-state index >= 15 is 0 Å². The smallest absolute Gasteiger partial charge is 0.197 e. The highest BCUT2D eigenvalue weighted by molar-refractivity contribution is 5.85. The van der Waals surface area contributed by atoms with E-state index in [9.17, 15) is 0 Å². The SMILES string of the molecule is COc1ccc2cc(OCCOC(C)Oc3ccc(C(C)C(C)C)cc3)ccc2c1. The van der Waals surface area contributed by atoms with Gasteiger partial charge in [-0.3, -0.25) is 0 Å². The first-order valence-electron chi connectivity index (χ1n) is 10.5. The zero-order valence-electron chi connectivity index (χ0n) is 18.6. The summed E-state index contributed by atoms with van der Waals surface area (Å²) in [6.07, 6.45) is -0.342. The average Bonchev–Trinajstić information content (AvgIpc) is 2.76. The van der Waals surface area contributed by atoms with Crippen LogP contribution in [0.25, 0.3) is 10.8 Å². The van der Waals surface area contributed by atoms with Gasteiger partial charge in [-0.15, -0.1) is 0 Å². The van der Waals surface area contributed by atoms with E-state index in [1.165, 1.54) is 5.56 Å². The normalized spacial score (nSPS) is 13.3. The van der Waals surface area contributed by atoms with Crippen molar-refractivity contribution < 1.29 is 18.9 Å². The summed E-state index contributed by atoms with van der Waals surface area (Å²) in [5.41, 5.74) is 1.33. The van der Waals surface area contributed by atoms with Gasteiger partial charge < -0.3 is 18.9 Å². The molecule has 4 nitrogen and oxygen atoms in total. The molecule has 2 atom stereocenters. The Labute approximate surface area is 179 Å². The predicted molar refractivity (Wildman–Crippen MR) is 122 cm³/mol. The van der Waals surface area contributed by atoms with E-state index in [4.69, 9.17) is 18.9 Å². The molecule has 0 aliphatic carbocycles. The summed E-state index contributed by atoms with van der Waals surface area (Å²) in [5.74, 6) is 3.63. The second kappa shape index (κ2) is 10.4. The third-order valence-corrected chi connectivity index (χ3v) is 5.43.